The molecule has 2 atom stereocenters. The highest BCUT2D eigenvalue weighted by Gasteiger charge is 2.58. The molecule has 44 heavy (non-hydrogen) atoms. The van der Waals surface area contributed by atoms with Gasteiger partial charge in [0, 0.05) is 5.41 Å². The van der Waals surface area contributed by atoms with E-state index in [4.69, 9.17) is 13.6 Å². The molecule has 1 aliphatic rings. The predicted molar refractivity (Wildman–Crippen MR) is 186 cm³/mol. The molecule has 5 nitrogen and oxygen atoms in total. The van der Waals surface area contributed by atoms with Crippen molar-refractivity contribution in [2.75, 3.05) is 13.2 Å². The summed E-state index contributed by atoms with van der Waals surface area (Å²) < 4.78 is 19.9. The third kappa shape index (κ3) is 7.94. The first-order valence-corrected chi connectivity index (χ1v) is 21.2. The topological polar surface area (TPSA) is 61.8 Å². The minimum absolute atomic E-state index is 0.123. The number of ether oxygens (including phenoxy) is 2. The van der Waals surface area contributed by atoms with Crippen LogP contribution in [-0.2, 0) is 23.2 Å². The highest BCUT2D eigenvalue weighted by Crippen LogP contribution is 2.56. The average Bonchev–Trinajstić information content (AvgIpc) is 3.33. The monoisotopic (exact) mass is 638 g/mol. The lowest BCUT2D eigenvalue weighted by atomic mass is 9.86. The van der Waals surface area contributed by atoms with Crippen LogP contribution in [-0.4, -0.2) is 41.8 Å². The summed E-state index contributed by atoms with van der Waals surface area (Å²) in [5, 5.41) is 2.45. The first kappa shape index (κ1) is 36.2. The van der Waals surface area contributed by atoms with Gasteiger partial charge in [0.2, 0.25) is 0 Å². The van der Waals surface area contributed by atoms with E-state index in [2.05, 4.69) is 101 Å². The molecule has 2 aromatic rings. The average molecular weight is 639 g/mol. The molecule has 0 saturated heterocycles. The molecular formula is C37H58O5Si2. The molecule has 0 bridgehead atoms. The van der Waals surface area contributed by atoms with Crippen LogP contribution < -0.4 is 10.4 Å². The minimum Gasteiger partial charge on any atom is -0.465 e. The van der Waals surface area contributed by atoms with Crippen molar-refractivity contribution in [3.8, 4) is 0 Å². The lowest BCUT2D eigenvalue weighted by Crippen LogP contribution is -2.70. The van der Waals surface area contributed by atoms with Crippen LogP contribution in [0.4, 0.5) is 0 Å². The van der Waals surface area contributed by atoms with E-state index in [0.29, 0.717) is 11.5 Å². The van der Waals surface area contributed by atoms with Crippen LogP contribution in [0.1, 0.15) is 88.5 Å². The zero-order valence-corrected chi connectivity index (χ0v) is 31.5. The van der Waals surface area contributed by atoms with Crippen molar-refractivity contribution in [1.82, 2.24) is 0 Å². The molecule has 0 amide bonds. The molecule has 2 aromatic carbocycles. The van der Waals surface area contributed by atoms with Crippen molar-refractivity contribution in [2.24, 2.45) is 22.2 Å². The Morgan fingerprint density at radius 1 is 0.727 bits per heavy atom. The number of benzene rings is 2. The van der Waals surface area contributed by atoms with E-state index in [1.165, 1.54) is 10.4 Å². The van der Waals surface area contributed by atoms with E-state index in [1.807, 2.05) is 41.5 Å². The Labute approximate surface area is 269 Å². The number of hydrogen-bond acceptors (Lipinski definition) is 5. The fourth-order valence-corrected chi connectivity index (χ4v) is 18.7. The molecule has 0 aliphatic heterocycles. The fourth-order valence-electron chi connectivity index (χ4n) is 6.92. The van der Waals surface area contributed by atoms with Gasteiger partial charge >= 0.3 is 11.9 Å². The Bertz CT molecular complexity index is 1180. The molecular weight excluding hydrogens is 581 g/mol. The second-order valence-corrected chi connectivity index (χ2v) is 25.5. The van der Waals surface area contributed by atoms with E-state index in [-0.39, 0.29) is 30.2 Å². The second kappa shape index (κ2) is 13.2. The van der Waals surface area contributed by atoms with Crippen molar-refractivity contribution >= 4 is 38.9 Å². The van der Waals surface area contributed by atoms with Crippen LogP contribution in [0.2, 0.25) is 23.7 Å². The molecule has 0 N–H and O–H groups in total. The Hall–Kier alpha value is -2.23. The molecule has 244 valence electrons. The maximum Gasteiger partial charge on any atom is 0.311 e. The summed E-state index contributed by atoms with van der Waals surface area (Å²) in [6.45, 7) is 25.8. The number of esters is 2. The summed E-state index contributed by atoms with van der Waals surface area (Å²) in [7, 11) is -5.23. The molecule has 3 rings (SSSR count). The van der Waals surface area contributed by atoms with E-state index >= 15 is 0 Å². The van der Waals surface area contributed by atoms with Gasteiger partial charge in [0.1, 0.15) is 13.2 Å². The normalized spacial score (nSPS) is 19.5. The van der Waals surface area contributed by atoms with Crippen LogP contribution in [0.3, 0.4) is 0 Å². The van der Waals surface area contributed by atoms with Crippen LogP contribution >= 0.6 is 0 Å². The molecule has 7 heteroatoms. The van der Waals surface area contributed by atoms with Gasteiger partial charge in [0.05, 0.1) is 10.8 Å². The van der Waals surface area contributed by atoms with Gasteiger partial charge in [0.15, 0.2) is 8.32 Å². The third-order valence-electron chi connectivity index (χ3n) is 9.41. The highest BCUT2D eigenvalue weighted by molar-refractivity contribution is 7.04. The van der Waals surface area contributed by atoms with Crippen molar-refractivity contribution < 1.29 is 23.2 Å². The van der Waals surface area contributed by atoms with E-state index in [9.17, 15) is 9.59 Å². The second-order valence-electron chi connectivity index (χ2n) is 16.7. The van der Waals surface area contributed by atoms with Crippen LogP contribution in [0.15, 0.2) is 60.7 Å². The quantitative estimate of drug-likeness (QED) is 0.194. The van der Waals surface area contributed by atoms with Gasteiger partial charge in [-0.15, -0.1) is 0 Å². The van der Waals surface area contributed by atoms with Gasteiger partial charge in [-0.3, -0.25) is 9.59 Å². The summed E-state index contributed by atoms with van der Waals surface area (Å²) in [5.74, 6) is -0.0808. The minimum atomic E-state index is -2.77. The molecule has 1 saturated carbocycles. The first-order chi connectivity index (χ1) is 20.2. The van der Waals surface area contributed by atoms with Crippen molar-refractivity contribution in [3.05, 3.63) is 60.7 Å². The fraction of sp³-hybridized carbons (Fsp3) is 0.622. The maximum atomic E-state index is 13.0. The summed E-state index contributed by atoms with van der Waals surface area (Å²) in [4.78, 5) is 25.9. The molecule has 1 fully saturated rings. The Kier molecular flexibility index (Phi) is 10.9. The molecule has 0 heterocycles. The van der Waals surface area contributed by atoms with E-state index < -0.39 is 32.9 Å². The van der Waals surface area contributed by atoms with Crippen LogP contribution in [0.5, 0.6) is 0 Å². The van der Waals surface area contributed by atoms with E-state index in [0.717, 1.165) is 19.3 Å². The SMILES string of the molecule is CC[C@H]1CC(COC(=O)C(C)(C)C)(COC(=O)C(C)(C)C)C[C@@H]1[Si](C)(C)O[Si](c1ccccc1)(c1ccccc1)C(C)(C)C. The summed E-state index contributed by atoms with van der Waals surface area (Å²) in [6.07, 6.45) is 2.63. The number of hydrogen-bond donors (Lipinski definition) is 0. The van der Waals surface area contributed by atoms with Gasteiger partial charge < -0.3 is 13.6 Å². The summed E-state index contributed by atoms with van der Waals surface area (Å²) in [6, 6.07) is 21.7. The molecule has 0 radical (unpaired) electrons. The van der Waals surface area contributed by atoms with Gasteiger partial charge in [-0.25, -0.2) is 0 Å². The molecule has 1 aliphatic carbocycles. The molecule has 0 spiro atoms. The Morgan fingerprint density at radius 2 is 1.14 bits per heavy atom. The number of carbonyl (C=O) groups is 2. The van der Waals surface area contributed by atoms with Gasteiger partial charge in [-0.1, -0.05) is 94.8 Å². The lowest BCUT2D eigenvalue weighted by Gasteiger charge is -2.49. The lowest BCUT2D eigenvalue weighted by molar-refractivity contribution is -0.163. The molecule has 0 unspecified atom stereocenters. The van der Waals surface area contributed by atoms with E-state index in [1.54, 1.807) is 0 Å². The van der Waals surface area contributed by atoms with Crippen molar-refractivity contribution in [2.45, 2.75) is 112 Å². The Balaban J connectivity index is 2.08. The maximum absolute atomic E-state index is 13.0. The number of carbonyl (C=O) groups excluding carboxylic acids is 2. The van der Waals surface area contributed by atoms with Crippen LogP contribution in [0, 0.1) is 22.2 Å². The van der Waals surface area contributed by atoms with Gasteiger partial charge in [0.25, 0.3) is 8.32 Å². The zero-order chi connectivity index (χ0) is 33.2. The highest BCUT2D eigenvalue weighted by atomic mass is 28.4. The van der Waals surface area contributed by atoms with Crippen molar-refractivity contribution in [1.29, 1.82) is 0 Å². The Morgan fingerprint density at radius 3 is 1.48 bits per heavy atom. The smallest absolute Gasteiger partial charge is 0.311 e. The largest absolute Gasteiger partial charge is 0.465 e. The molecule has 0 aromatic heterocycles. The number of rotatable bonds is 10. The standard InChI is InChI=1S/C37H58O5Si2/c1-13-28-24-37(26-40-32(38)34(2,3)4,27-41-33(39)35(5,6)7)25-31(28)43(11,12)42-44(36(8,9)10,29-20-16-14-17-21-29)30-22-18-15-19-23-30/h14-23,28,31H,13,24-27H2,1-12H3/t28-,31-/m0/s1. The van der Waals surface area contributed by atoms with Gasteiger partial charge in [-0.2, -0.15) is 0 Å². The summed E-state index contributed by atoms with van der Waals surface area (Å²) in [5.41, 5.74) is -1.36. The zero-order valence-electron chi connectivity index (χ0n) is 29.5. The predicted octanol–water partition coefficient (Wildman–Crippen LogP) is 8.12. The van der Waals surface area contributed by atoms with Gasteiger partial charge in [-0.05, 0) is 94.3 Å². The van der Waals surface area contributed by atoms with Crippen LogP contribution in [0.25, 0.3) is 0 Å². The van der Waals surface area contributed by atoms with Crippen molar-refractivity contribution in [3.63, 3.8) is 0 Å². The first-order valence-electron chi connectivity index (χ1n) is 16.3. The summed E-state index contributed by atoms with van der Waals surface area (Å²) >= 11 is 0. The third-order valence-corrected chi connectivity index (χ3v) is 19.6.